The predicted octanol–water partition coefficient (Wildman–Crippen LogP) is 0.981. The normalized spacial score (nSPS) is 10.1. The minimum atomic E-state index is 0.183. The molecule has 0 radical (unpaired) electrons. The fourth-order valence-electron chi connectivity index (χ4n) is 0.827. The molecule has 0 atom stereocenters. The van der Waals surface area contributed by atoms with E-state index >= 15 is 0 Å². The average molecular weight is 167 g/mol. The molecule has 1 rings (SSSR count). The van der Waals surface area contributed by atoms with Crippen LogP contribution in [0, 0.1) is 0 Å². The fraction of sp³-hybridized carbons (Fsp3) is 0.444. The summed E-state index contributed by atoms with van der Waals surface area (Å²) in [7, 11) is 0. The van der Waals surface area contributed by atoms with Crippen LogP contribution in [-0.2, 0) is 11.3 Å². The molecule has 0 aliphatic rings. The van der Waals surface area contributed by atoms with E-state index in [-0.39, 0.29) is 6.61 Å². The molecular weight excluding hydrogens is 154 g/mol. The van der Waals surface area contributed by atoms with Crippen molar-refractivity contribution >= 4 is 0 Å². The number of pyridine rings is 1. The molecule has 3 heteroatoms. The lowest BCUT2D eigenvalue weighted by atomic mass is 10.4. The van der Waals surface area contributed by atoms with Gasteiger partial charge in [0.2, 0.25) is 0 Å². The van der Waals surface area contributed by atoms with E-state index in [0.29, 0.717) is 19.6 Å². The maximum atomic E-state index is 8.47. The molecule has 1 N–H and O–H groups in total. The van der Waals surface area contributed by atoms with Crippen LogP contribution in [-0.4, -0.2) is 23.3 Å². The number of hydrogen-bond donors (Lipinski definition) is 1. The Morgan fingerprint density at radius 1 is 1.42 bits per heavy atom. The highest BCUT2D eigenvalue weighted by molar-refractivity contribution is 5.01. The second kappa shape index (κ2) is 5.69. The van der Waals surface area contributed by atoms with Gasteiger partial charge in [0.15, 0.2) is 0 Å². The molecule has 0 amide bonds. The minimum Gasteiger partial charge on any atom is -0.396 e. The lowest BCUT2D eigenvalue weighted by Crippen LogP contribution is -1.98. The van der Waals surface area contributed by atoms with E-state index < -0.39 is 0 Å². The second-order valence-corrected chi connectivity index (χ2v) is 2.45. The van der Waals surface area contributed by atoms with Gasteiger partial charge in [-0.3, -0.25) is 4.98 Å². The Balaban J connectivity index is 2.16. The fourth-order valence-corrected chi connectivity index (χ4v) is 0.827. The topological polar surface area (TPSA) is 42.4 Å². The van der Waals surface area contributed by atoms with Gasteiger partial charge in [-0.05, 0) is 18.6 Å². The molecule has 12 heavy (non-hydrogen) atoms. The van der Waals surface area contributed by atoms with Crippen molar-refractivity contribution in [3.63, 3.8) is 0 Å². The molecule has 0 fully saturated rings. The highest BCUT2D eigenvalue weighted by atomic mass is 16.5. The number of aliphatic hydroxyl groups is 1. The van der Waals surface area contributed by atoms with Crippen molar-refractivity contribution in [1.29, 1.82) is 0 Å². The SMILES string of the molecule is OCCCOCc1ccccn1. The number of aromatic nitrogens is 1. The molecule has 0 saturated carbocycles. The largest absolute Gasteiger partial charge is 0.396 e. The molecule has 0 aromatic carbocycles. The monoisotopic (exact) mass is 167 g/mol. The molecule has 66 valence electrons. The first-order chi connectivity index (χ1) is 5.93. The van der Waals surface area contributed by atoms with Crippen molar-refractivity contribution in [2.24, 2.45) is 0 Å². The number of ether oxygens (including phenoxy) is 1. The van der Waals surface area contributed by atoms with Crippen LogP contribution in [0.15, 0.2) is 24.4 Å². The standard InChI is InChI=1S/C9H13NO2/c11-6-3-7-12-8-9-4-1-2-5-10-9/h1-2,4-5,11H,3,6-8H2. The van der Waals surface area contributed by atoms with Gasteiger partial charge >= 0.3 is 0 Å². The molecule has 0 bridgehead atoms. The van der Waals surface area contributed by atoms with Gasteiger partial charge in [0, 0.05) is 19.4 Å². The van der Waals surface area contributed by atoms with Gasteiger partial charge in [-0.15, -0.1) is 0 Å². The van der Waals surface area contributed by atoms with E-state index in [1.165, 1.54) is 0 Å². The lowest BCUT2D eigenvalue weighted by molar-refractivity contribution is 0.102. The number of hydrogen-bond acceptors (Lipinski definition) is 3. The molecule has 0 spiro atoms. The molecule has 0 aliphatic heterocycles. The van der Waals surface area contributed by atoms with Crippen LogP contribution in [0.4, 0.5) is 0 Å². The van der Waals surface area contributed by atoms with Crippen molar-refractivity contribution in [2.45, 2.75) is 13.0 Å². The second-order valence-electron chi connectivity index (χ2n) is 2.45. The van der Waals surface area contributed by atoms with Crippen LogP contribution in [0.25, 0.3) is 0 Å². The van der Waals surface area contributed by atoms with Crippen molar-refractivity contribution in [3.8, 4) is 0 Å². The van der Waals surface area contributed by atoms with Crippen LogP contribution >= 0.6 is 0 Å². The Kier molecular flexibility index (Phi) is 4.34. The summed E-state index contributed by atoms with van der Waals surface area (Å²) in [5.41, 5.74) is 0.926. The molecule has 1 heterocycles. The average Bonchev–Trinajstić information content (AvgIpc) is 2.14. The first kappa shape index (κ1) is 9.16. The van der Waals surface area contributed by atoms with Crippen LogP contribution in [0.3, 0.4) is 0 Å². The van der Waals surface area contributed by atoms with E-state index in [2.05, 4.69) is 4.98 Å². The molecule has 0 aliphatic carbocycles. The highest BCUT2D eigenvalue weighted by Crippen LogP contribution is 1.95. The zero-order chi connectivity index (χ0) is 8.65. The predicted molar refractivity (Wildman–Crippen MR) is 45.6 cm³/mol. The van der Waals surface area contributed by atoms with Crippen LogP contribution in [0.1, 0.15) is 12.1 Å². The van der Waals surface area contributed by atoms with Crippen molar-refractivity contribution in [3.05, 3.63) is 30.1 Å². The van der Waals surface area contributed by atoms with Gasteiger partial charge in [-0.25, -0.2) is 0 Å². The number of rotatable bonds is 5. The summed E-state index contributed by atoms with van der Waals surface area (Å²) in [5, 5.41) is 8.47. The van der Waals surface area contributed by atoms with Crippen LogP contribution in [0.2, 0.25) is 0 Å². The molecule has 0 unspecified atom stereocenters. The summed E-state index contributed by atoms with van der Waals surface area (Å²) in [6, 6.07) is 5.72. The Morgan fingerprint density at radius 3 is 3.00 bits per heavy atom. The Morgan fingerprint density at radius 2 is 2.33 bits per heavy atom. The van der Waals surface area contributed by atoms with Crippen LogP contribution in [0.5, 0.6) is 0 Å². The molecular formula is C9H13NO2. The van der Waals surface area contributed by atoms with Crippen molar-refractivity contribution in [2.75, 3.05) is 13.2 Å². The Hall–Kier alpha value is -0.930. The van der Waals surface area contributed by atoms with E-state index in [1.807, 2.05) is 18.2 Å². The number of aliphatic hydroxyl groups excluding tert-OH is 1. The van der Waals surface area contributed by atoms with Gasteiger partial charge in [0.25, 0.3) is 0 Å². The van der Waals surface area contributed by atoms with E-state index in [0.717, 1.165) is 5.69 Å². The Labute approximate surface area is 72.0 Å². The van der Waals surface area contributed by atoms with E-state index in [1.54, 1.807) is 6.20 Å². The lowest BCUT2D eigenvalue weighted by Gasteiger charge is -2.01. The van der Waals surface area contributed by atoms with Gasteiger partial charge in [0.05, 0.1) is 12.3 Å². The third-order valence-corrected chi connectivity index (χ3v) is 1.42. The first-order valence-electron chi connectivity index (χ1n) is 4.02. The third-order valence-electron chi connectivity index (χ3n) is 1.42. The van der Waals surface area contributed by atoms with Crippen LogP contribution < -0.4 is 0 Å². The van der Waals surface area contributed by atoms with Gasteiger partial charge in [0.1, 0.15) is 0 Å². The first-order valence-corrected chi connectivity index (χ1v) is 4.02. The summed E-state index contributed by atoms with van der Waals surface area (Å²) in [6.45, 7) is 1.30. The zero-order valence-electron chi connectivity index (χ0n) is 6.94. The summed E-state index contributed by atoms with van der Waals surface area (Å²) in [6.07, 6.45) is 2.43. The zero-order valence-corrected chi connectivity index (χ0v) is 6.94. The minimum absolute atomic E-state index is 0.183. The quantitative estimate of drug-likeness (QED) is 0.665. The molecule has 1 aromatic rings. The van der Waals surface area contributed by atoms with Crippen molar-refractivity contribution < 1.29 is 9.84 Å². The van der Waals surface area contributed by atoms with Crippen molar-refractivity contribution in [1.82, 2.24) is 4.98 Å². The summed E-state index contributed by atoms with van der Waals surface area (Å²) in [4.78, 5) is 4.09. The summed E-state index contributed by atoms with van der Waals surface area (Å²) in [5.74, 6) is 0. The maximum absolute atomic E-state index is 8.47. The smallest absolute Gasteiger partial charge is 0.0887 e. The Bertz CT molecular complexity index is 201. The highest BCUT2D eigenvalue weighted by Gasteiger charge is 1.91. The van der Waals surface area contributed by atoms with Gasteiger partial charge in [-0.1, -0.05) is 6.07 Å². The summed E-state index contributed by atoms with van der Waals surface area (Å²) < 4.78 is 5.24. The molecule has 1 aromatic heterocycles. The maximum Gasteiger partial charge on any atom is 0.0887 e. The third kappa shape index (κ3) is 3.46. The molecule has 3 nitrogen and oxygen atoms in total. The van der Waals surface area contributed by atoms with E-state index in [4.69, 9.17) is 9.84 Å². The van der Waals surface area contributed by atoms with E-state index in [9.17, 15) is 0 Å². The molecule has 0 saturated heterocycles. The summed E-state index contributed by atoms with van der Waals surface area (Å²) >= 11 is 0. The van der Waals surface area contributed by atoms with Gasteiger partial charge in [-0.2, -0.15) is 0 Å². The number of nitrogens with zero attached hydrogens (tertiary/aromatic N) is 1. The van der Waals surface area contributed by atoms with Gasteiger partial charge < -0.3 is 9.84 Å².